The Morgan fingerprint density at radius 3 is 2.68 bits per heavy atom. The average molecular weight is 263 g/mol. The number of carboxylic acid groups (broad SMARTS) is 1. The molecule has 1 fully saturated rings. The Hall–Kier alpha value is -2.04. The van der Waals surface area contributed by atoms with Gasteiger partial charge in [-0.05, 0) is 17.9 Å². The number of aliphatic carboxylic acids is 1. The topological polar surface area (TPSA) is 66.8 Å². The molecule has 0 unspecified atom stereocenters. The molecule has 0 aromatic heterocycles. The second kappa shape index (κ2) is 5.73. The lowest BCUT2D eigenvalue weighted by molar-refractivity contribution is -0.142. The number of nitrogens with zero attached hydrogens (tertiary/aromatic N) is 1. The van der Waals surface area contributed by atoms with Gasteiger partial charge in [-0.25, -0.2) is 9.59 Å². The van der Waals surface area contributed by atoms with Crippen LogP contribution in [-0.4, -0.2) is 34.7 Å². The van der Waals surface area contributed by atoms with Crippen molar-refractivity contribution in [2.45, 2.75) is 26.0 Å². The minimum atomic E-state index is -0.971. The number of likely N-dealkylation sites (tertiary alicyclic amines) is 1. The van der Waals surface area contributed by atoms with Gasteiger partial charge in [0.15, 0.2) is 0 Å². The Balaban J connectivity index is 1.95. The normalized spacial score (nSPS) is 22.3. The van der Waals surface area contributed by atoms with Gasteiger partial charge in [0.25, 0.3) is 0 Å². The first-order valence-electron chi connectivity index (χ1n) is 6.29. The fraction of sp³-hybridized carbons (Fsp3) is 0.429. The molecule has 1 aromatic rings. The minimum absolute atomic E-state index is 0.0400. The van der Waals surface area contributed by atoms with Crippen molar-refractivity contribution in [3.05, 3.63) is 35.9 Å². The number of rotatable bonds is 3. The summed E-state index contributed by atoms with van der Waals surface area (Å²) in [5.74, 6) is -1.01. The zero-order chi connectivity index (χ0) is 13.8. The predicted molar refractivity (Wildman–Crippen MR) is 68.5 cm³/mol. The lowest BCUT2D eigenvalue weighted by atomic mass is 10.0. The molecule has 1 saturated heterocycles. The van der Waals surface area contributed by atoms with Crippen molar-refractivity contribution in [3.8, 4) is 0 Å². The summed E-state index contributed by atoms with van der Waals surface area (Å²) in [4.78, 5) is 24.4. The van der Waals surface area contributed by atoms with Crippen LogP contribution in [0.25, 0.3) is 0 Å². The first-order valence-corrected chi connectivity index (χ1v) is 6.29. The summed E-state index contributed by atoms with van der Waals surface area (Å²) >= 11 is 0. The molecule has 19 heavy (non-hydrogen) atoms. The molecule has 2 atom stereocenters. The molecule has 0 bridgehead atoms. The first-order chi connectivity index (χ1) is 9.09. The number of carbonyl (C=O) groups excluding carboxylic acids is 1. The van der Waals surface area contributed by atoms with Gasteiger partial charge in [0.05, 0.1) is 0 Å². The van der Waals surface area contributed by atoms with E-state index in [0.717, 1.165) is 5.56 Å². The third kappa shape index (κ3) is 3.05. The molecule has 2 rings (SSSR count). The van der Waals surface area contributed by atoms with Crippen LogP contribution in [0.1, 0.15) is 18.9 Å². The number of benzene rings is 1. The number of ether oxygens (including phenoxy) is 1. The summed E-state index contributed by atoms with van der Waals surface area (Å²) < 4.78 is 5.16. The number of carboxylic acids is 1. The minimum Gasteiger partial charge on any atom is -0.480 e. The molecule has 0 radical (unpaired) electrons. The van der Waals surface area contributed by atoms with E-state index >= 15 is 0 Å². The van der Waals surface area contributed by atoms with Crippen LogP contribution in [-0.2, 0) is 16.1 Å². The maximum atomic E-state index is 11.9. The van der Waals surface area contributed by atoms with Crippen molar-refractivity contribution in [2.75, 3.05) is 6.54 Å². The van der Waals surface area contributed by atoms with E-state index in [1.165, 1.54) is 4.90 Å². The fourth-order valence-corrected chi connectivity index (χ4v) is 2.33. The van der Waals surface area contributed by atoms with Crippen LogP contribution in [0.4, 0.5) is 4.79 Å². The summed E-state index contributed by atoms with van der Waals surface area (Å²) in [6.45, 7) is 2.44. The van der Waals surface area contributed by atoms with E-state index in [9.17, 15) is 9.59 Å². The quantitative estimate of drug-likeness (QED) is 0.907. The van der Waals surface area contributed by atoms with E-state index in [0.29, 0.717) is 13.0 Å². The van der Waals surface area contributed by atoms with Crippen molar-refractivity contribution < 1.29 is 19.4 Å². The van der Waals surface area contributed by atoms with Gasteiger partial charge in [-0.3, -0.25) is 4.90 Å². The SMILES string of the molecule is C[C@H]1CCN(C(=O)OCc2ccccc2)[C@@H]1C(=O)O. The van der Waals surface area contributed by atoms with Gasteiger partial charge in [0.2, 0.25) is 0 Å². The Labute approximate surface area is 111 Å². The van der Waals surface area contributed by atoms with E-state index in [2.05, 4.69) is 0 Å². The smallest absolute Gasteiger partial charge is 0.410 e. The third-order valence-electron chi connectivity index (χ3n) is 3.39. The fourth-order valence-electron chi connectivity index (χ4n) is 2.33. The zero-order valence-electron chi connectivity index (χ0n) is 10.8. The average Bonchev–Trinajstić information content (AvgIpc) is 2.79. The standard InChI is InChI=1S/C14H17NO4/c1-10-7-8-15(12(10)13(16)17)14(18)19-9-11-5-3-2-4-6-11/h2-6,10,12H,7-9H2,1H3,(H,16,17)/t10-,12-/m0/s1. The monoisotopic (exact) mass is 263 g/mol. The maximum Gasteiger partial charge on any atom is 0.410 e. The lowest BCUT2D eigenvalue weighted by Gasteiger charge is -2.22. The van der Waals surface area contributed by atoms with Crippen molar-refractivity contribution in [3.63, 3.8) is 0 Å². The second-order valence-electron chi connectivity index (χ2n) is 4.78. The van der Waals surface area contributed by atoms with Crippen LogP contribution in [0.15, 0.2) is 30.3 Å². The molecule has 1 N–H and O–H groups in total. The van der Waals surface area contributed by atoms with Gasteiger partial charge in [-0.2, -0.15) is 0 Å². The molecular formula is C14H17NO4. The van der Waals surface area contributed by atoms with Crippen LogP contribution in [0.2, 0.25) is 0 Å². The van der Waals surface area contributed by atoms with E-state index < -0.39 is 18.1 Å². The Morgan fingerprint density at radius 1 is 1.37 bits per heavy atom. The summed E-state index contributed by atoms with van der Waals surface area (Å²) in [6.07, 6.45) is 0.137. The highest BCUT2D eigenvalue weighted by molar-refractivity contribution is 5.81. The Bertz CT molecular complexity index is 460. The van der Waals surface area contributed by atoms with E-state index in [1.807, 2.05) is 37.3 Å². The third-order valence-corrected chi connectivity index (χ3v) is 3.39. The van der Waals surface area contributed by atoms with Crippen molar-refractivity contribution in [1.82, 2.24) is 4.90 Å². The molecule has 5 nitrogen and oxygen atoms in total. The second-order valence-corrected chi connectivity index (χ2v) is 4.78. The van der Waals surface area contributed by atoms with Crippen LogP contribution < -0.4 is 0 Å². The van der Waals surface area contributed by atoms with Gasteiger partial charge in [0, 0.05) is 6.54 Å². The van der Waals surface area contributed by atoms with Crippen LogP contribution in [0.5, 0.6) is 0 Å². The molecule has 5 heteroatoms. The molecule has 0 saturated carbocycles. The number of hydrogen-bond acceptors (Lipinski definition) is 3. The van der Waals surface area contributed by atoms with Crippen molar-refractivity contribution in [1.29, 1.82) is 0 Å². The number of amides is 1. The Kier molecular flexibility index (Phi) is 4.04. The highest BCUT2D eigenvalue weighted by Gasteiger charge is 2.40. The molecule has 1 heterocycles. The lowest BCUT2D eigenvalue weighted by Crippen LogP contribution is -2.42. The van der Waals surface area contributed by atoms with E-state index in [4.69, 9.17) is 9.84 Å². The summed E-state index contributed by atoms with van der Waals surface area (Å²) in [5, 5.41) is 9.14. The summed E-state index contributed by atoms with van der Waals surface area (Å²) in [5.41, 5.74) is 0.884. The van der Waals surface area contributed by atoms with Crippen molar-refractivity contribution >= 4 is 12.1 Å². The van der Waals surface area contributed by atoms with Gasteiger partial charge < -0.3 is 9.84 Å². The highest BCUT2D eigenvalue weighted by Crippen LogP contribution is 2.25. The Morgan fingerprint density at radius 2 is 2.05 bits per heavy atom. The molecular weight excluding hydrogens is 246 g/mol. The highest BCUT2D eigenvalue weighted by atomic mass is 16.6. The molecule has 1 amide bonds. The van der Waals surface area contributed by atoms with E-state index in [1.54, 1.807) is 0 Å². The first kappa shape index (κ1) is 13.4. The van der Waals surface area contributed by atoms with Gasteiger partial charge in [-0.15, -0.1) is 0 Å². The molecule has 102 valence electrons. The van der Waals surface area contributed by atoms with Gasteiger partial charge >= 0.3 is 12.1 Å². The largest absolute Gasteiger partial charge is 0.480 e. The molecule has 0 spiro atoms. The molecule has 1 aliphatic heterocycles. The van der Waals surface area contributed by atoms with Crippen molar-refractivity contribution in [2.24, 2.45) is 5.92 Å². The number of hydrogen-bond donors (Lipinski definition) is 1. The van der Waals surface area contributed by atoms with Gasteiger partial charge in [0.1, 0.15) is 12.6 Å². The maximum absolute atomic E-state index is 11.9. The van der Waals surface area contributed by atoms with Gasteiger partial charge in [-0.1, -0.05) is 37.3 Å². The predicted octanol–water partition coefficient (Wildman–Crippen LogP) is 2.12. The van der Waals surface area contributed by atoms with Crippen LogP contribution >= 0.6 is 0 Å². The molecule has 1 aliphatic rings. The summed E-state index contributed by atoms with van der Waals surface area (Å²) in [7, 11) is 0. The summed E-state index contributed by atoms with van der Waals surface area (Å²) in [6, 6.07) is 8.54. The number of carbonyl (C=O) groups is 2. The van der Waals surface area contributed by atoms with Crippen LogP contribution in [0, 0.1) is 5.92 Å². The van der Waals surface area contributed by atoms with Crippen LogP contribution in [0.3, 0.4) is 0 Å². The molecule has 0 aliphatic carbocycles. The zero-order valence-corrected chi connectivity index (χ0v) is 10.8. The molecule has 1 aromatic carbocycles. The van der Waals surface area contributed by atoms with E-state index in [-0.39, 0.29) is 12.5 Å².